The van der Waals surface area contributed by atoms with Gasteiger partial charge in [0.15, 0.2) is 0 Å². The number of nitrogens with zero attached hydrogens (tertiary/aromatic N) is 4. The summed E-state index contributed by atoms with van der Waals surface area (Å²) >= 11 is 0. The molecular weight excluding hydrogens is 348 g/mol. The Bertz CT molecular complexity index is 1000. The molecule has 1 aromatic heterocycles. The minimum atomic E-state index is -0.0111. The summed E-state index contributed by atoms with van der Waals surface area (Å²) in [5, 5.41) is 9.09. The molecule has 1 amide bonds. The molecule has 0 radical (unpaired) electrons. The van der Waals surface area contributed by atoms with Crippen LogP contribution in [0.2, 0.25) is 0 Å². The van der Waals surface area contributed by atoms with Crippen LogP contribution < -0.4 is 0 Å². The Labute approximate surface area is 164 Å². The lowest BCUT2D eigenvalue weighted by atomic mass is 9.96. The molecule has 1 fully saturated rings. The highest BCUT2D eigenvalue weighted by atomic mass is 16.2. The number of likely N-dealkylation sites (tertiary alicyclic amines) is 1. The minimum absolute atomic E-state index is 0.0111. The fourth-order valence-electron chi connectivity index (χ4n) is 3.87. The molecule has 0 bridgehead atoms. The van der Waals surface area contributed by atoms with Crippen LogP contribution in [0.1, 0.15) is 46.1 Å². The number of nitriles is 1. The maximum absolute atomic E-state index is 12.9. The van der Waals surface area contributed by atoms with E-state index in [-0.39, 0.29) is 11.8 Å². The van der Waals surface area contributed by atoms with Gasteiger partial charge in [-0.3, -0.25) is 4.79 Å². The highest BCUT2D eigenvalue weighted by Gasteiger charge is 2.28. The lowest BCUT2D eigenvalue weighted by molar-refractivity contribution is 0.0703. The largest absolute Gasteiger partial charge is 0.338 e. The van der Waals surface area contributed by atoms with Gasteiger partial charge in [0.2, 0.25) is 0 Å². The molecule has 3 aromatic rings. The second-order valence-electron chi connectivity index (χ2n) is 7.18. The quantitative estimate of drug-likeness (QED) is 0.701. The summed E-state index contributed by atoms with van der Waals surface area (Å²) in [6.07, 6.45) is 5.83. The Morgan fingerprint density at radius 2 is 2.04 bits per heavy atom. The first kappa shape index (κ1) is 18.0. The maximum Gasteiger partial charge on any atom is 0.253 e. The minimum Gasteiger partial charge on any atom is -0.338 e. The van der Waals surface area contributed by atoms with Crippen molar-refractivity contribution in [3.05, 3.63) is 89.5 Å². The third-order valence-electron chi connectivity index (χ3n) is 5.26. The molecule has 28 heavy (non-hydrogen) atoms. The van der Waals surface area contributed by atoms with E-state index in [1.165, 1.54) is 5.56 Å². The Balaban J connectivity index is 1.51. The van der Waals surface area contributed by atoms with Crippen molar-refractivity contribution in [1.29, 1.82) is 5.26 Å². The highest BCUT2D eigenvalue weighted by molar-refractivity contribution is 5.94. The van der Waals surface area contributed by atoms with Crippen molar-refractivity contribution in [3.63, 3.8) is 0 Å². The number of amides is 1. The topological polar surface area (TPSA) is 61.9 Å². The van der Waals surface area contributed by atoms with Crippen LogP contribution in [-0.2, 0) is 6.54 Å². The van der Waals surface area contributed by atoms with Gasteiger partial charge in [0.1, 0.15) is 5.82 Å². The molecule has 0 saturated carbocycles. The van der Waals surface area contributed by atoms with Crippen LogP contribution in [0.5, 0.6) is 0 Å². The van der Waals surface area contributed by atoms with E-state index >= 15 is 0 Å². The smallest absolute Gasteiger partial charge is 0.253 e. The van der Waals surface area contributed by atoms with Gasteiger partial charge in [-0.1, -0.05) is 36.4 Å². The van der Waals surface area contributed by atoms with Crippen LogP contribution >= 0.6 is 0 Å². The van der Waals surface area contributed by atoms with Crippen molar-refractivity contribution in [1.82, 2.24) is 14.5 Å². The normalized spacial score (nSPS) is 16.5. The molecule has 0 N–H and O–H groups in total. The number of imidazole rings is 1. The number of carbonyl (C=O) groups is 1. The summed E-state index contributed by atoms with van der Waals surface area (Å²) in [4.78, 5) is 19.5. The van der Waals surface area contributed by atoms with Gasteiger partial charge in [-0.25, -0.2) is 4.98 Å². The zero-order valence-electron chi connectivity index (χ0n) is 15.7. The van der Waals surface area contributed by atoms with Crippen molar-refractivity contribution in [2.24, 2.45) is 0 Å². The molecular formula is C23H22N4O. The number of piperidine rings is 1. The number of rotatable bonds is 4. The van der Waals surface area contributed by atoms with Gasteiger partial charge in [0.05, 0.1) is 11.6 Å². The monoisotopic (exact) mass is 370 g/mol. The van der Waals surface area contributed by atoms with Crippen molar-refractivity contribution >= 4 is 5.91 Å². The summed E-state index contributed by atoms with van der Waals surface area (Å²) in [6.45, 7) is 2.18. The molecule has 2 aromatic carbocycles. The van der Waals surface area contributed by atoms with Gasteiger partial charge in [-0.05, 0) is 36.6 Å². The molecule has 1 aliphatic heterocycles. The average Bonchev–Trinajstić information content (AvgIpc) is 3.22. The maximum atomic E-state index is 12.9. The van der Waals surface area contributed by atoms with Crippen LogP contribution in [0.25, 0.3) is 0 Å². The number of hydrogen-bond donors (Lipinski definition) is 0. The molecule has 1 atom stereocenters. The molecule has 0 aliphatic carbocycles. The molecule has 1 saturated heterocycles. The molecule has 1 aliphatic rings. The second kappa shape index (κ2) is 8.10. The molecule has 5 heteroatoms. The zero-order chi connectivity index (χ0) is 19.3. The first-order valence-corrected chi connectivity index (χ1v) is 9.59. The molecule has 0 spiro atoms. The second-order valence-corrected chi connectivity index (χ2v) is 7.18. The van der Waals surface area contributed by atoms with E-state index in [1.54, 1.807) is 24.3 Å². The fraction of sp³-hybridized carbons (Fsp3) is 0.261. The Morgan fingerprint density at radius 1 is 1.18 bits per heavy atom. The average molecular weight is 370 g/mol. The summed E-state index contributed by atoms with van der Waals surface area (Å²) in [6, 6.07) is 19.4. The van der Waals surface area contributed by atoms with Crippen molar-refractivity contribution in [2.45, 2.75) is 25.3 Å². The molecule has 140 valence electrons. The molecule has 2 heterocycles. The molecule has 4 rings (SSSR count). The van der Waals surface area contributed by atoms with Crippen LogP contribution in [0.15, 0.2) is 67.0 Å². The summed E-state index contributed by atoms with van der Waals surface area (Å²) in [5.74, 6) is 1.24. The van der Waals surface area contributed by atoms with Crippen LogP contribution in [0.4, 0.5) is 0 Å². The van der Waals surface area contributed by atoms with E-state index in [2.05, 4.69) is 27.8 Å². The van der Waals surface area contributed by atoms with E-state index in [0.29, 0.717) is 17.7 Å². The lowest BCUT2D eigenvalue weighted by Gasteiger charge is -2.33. The van der Waals surface area contributed by atoms with Gasteiger partial charge >= 0.3 is 0 Å². The van der Waals surface area contributed by atoms with Crippen molar-refractivity contribution in [2.75, 3.05) is 13.1 Å². The van der Waals surface area contributed by atoms with Crippen LogP contribution in [0, 0.1) is 11.3 Å². The van der Waals surface area contributed by atoms with Crippen LogP contribution in [-0.4, -0.2) is 33.4 Å². The van der Waals surface area contributed by atoms with Gasteiger partial charge in [-0.2, -0.15) is 5.26 Å². The van der Waals surface area contributed by atoms with E-state index < -0.39 is 0 Å². The first-order valence-electron chi connectivity index (χ1n) is 9.59. The number of aromatic nitrogens is 2. The van der Waals surface area contributed by atoms with Gasteiger partial charge in [-0.15, -0.1) is 0 Å². The van der Waals surface area contributed by atoms with Gasteiger partial charge < -0.3 is 9.47 Å². The summed E-state index contributed by atoms with van der Waals surface area (Å²) < 4.78 is 2.18. The third-order valence-corrected chi connectivity index (χ3v) is 5.26. The van der Waals surface area contributed by atoms with E-state index in [9.17, 15) is 4.79 Å². The van der Waals surface area contributed by atoms with Crippen molar-refractivity contribution < 1.29 is 4.79 Å². The Kier molecular flexibility index (Phi) is 5.20. The first-order chi connectivity index (χ1) is 13.7. The van der Waals surface area contributed by atoms with Crippen LogP contribution in [0.3, 0.4) is 0 Å². The SMILES string of the molecule is N#Cc1cccc(C(=O)N2CCCC(c3nccn3Cc3ccccc3)C2)c1. The lowest BCUT2D eigenvalue weighted by Crippen LogP contribution is -2.39. The van der Waals surface area contributed by atoms with E-state index in [4.69, 9.17) is 5.26 Å². The predicted octanol–water partition coefficient (Wildman–Crippen LogP) is 3.82. The predicted molar refractivity (Wildman–Crippen MR) is 107 cm³/mol. The van der Waals surface area contributed by atoms with E-state index in [1.807, 2.05) is 35.5 Å². The van der Waals surface area contributed by atoms with Gasteiger partial charge in [0.25, 0.3) is 5.91 Å². The molecule has 5 nitrogen and oxygen atoms in total. The summed E-state index contributed by atoms with van der Waals surface area (Å²) in [7, 11) is 0. The number of benzene rings is 2. The van der Waals surface area contributed by atoms with Crippen molar-refractivity contribution in [3.8, 4) is 6.07 Å². The fourth-order valence-corrected chi connectivity index (χ4v) is 3.87. The van der Waals surface area contributed by atoms with E-state index in [0.717, 1.165) is 31.8 Å². The number of hydrogen-bond acceptors (Lipinski definition) is 3. The third kappa shape index (κ3) is 3.81. The highest BCUT2D eigenvalue weighted by Crippen LogP contribution is 2.27. The zero-order valence-corrected chi connectivity index (χ0v) is 15.7. The number of carbonyl (C=O) groups excluding carboxylic acids is 1. The standard InChI is InChI=1S/C23H22N4O/c24-15-19-8-4-9-20(14-19)23(28)27-12-5-10-21(17-27)22-25-11-13-26(22)16-18-6-2-1-3-7-18/h1-4,6-9,11,13-14,21H,5,10,12,16-17H2. The van der Waals surface area contributed by atoms with Gasteiger partial charge in [0, 0.05) is 43.5 Å². The summed E-state index contributed by atoms with van der Waals surface area (Å²) in [5.41, 5.74) is 2.32. The molecule has 1 unspecified atom stereocenters. The Hall–Kier alpha value is -3.39. The Morgan fingerprint density at radius 3 is 2.86 bits per heavy atom.